The molecule has 0 aliphatic carbocycles. The Morgan fingerprint density at radius 2 is 1.82 bits per heavy atom. The summed E-state index contributed by atoms with van der Waals surface area (Å²) in [5.74, 6) is 0.322. The molecule has 2 heterocycles. The number of hydrogen-bond acceptors (Lipinski definition) is 10. The molecule has 5 unspecified atom stereocenters. The first-order valence-electron chi connectivity index (χ1n) is 13.3. The summed E-state index contributed by atoms with van der Waals surface area (Å²) in [5, 5.41) is 52.7. The molecule has 12 nitrogen and oxygen atoms in total. The summed E-state index contributed by atoms with van der Waals surface area (Å²) in [6.07, 6.45) is 5.36. The van der Waals surface area contributed by atoms with Crippen molar-refractivity contribution in [1.29, 1.82) is 0 Å². The van der Waals surface area contributed by atoms with Crippen LogP contribution in [-0.4, -0.2) is 95.8 Å². The lowest BCUT2D eigenvalue weighted by Gasteiger charge is -2.39. The van der Waals surface area contributed by atoms with Crippen LogP contribution in [0.4, 0.5) is 5.82 Å². The largest absolute Gasteiger partial charge is 0.394 e. The van der Waals surface area contributed by atoms with Gasteiger partial charge in [0.1, 0.15) is 30.5 Å². The second-order valence-corrected chi connectivity index (χ2v) is 10.5. The molecule has 13 heteroatoms. The van der Waals surface area contributed by atoms with E-state index in [4.69, 9.17) is 4.74 Å². The summed E-state index contributed by atoms with van der Waals surface area (Å²) in [5.41, 5.74) is 0. The fourth-order valence-corrected chi connectivity index (χ4v) is 4.88. The maximum atomic E-state index is 13.0. The smallest absolute Gasteiger partial charge is 0.249 e. The minimum Gasteiger partial charge on any atom is -0.394 e. The third kappa shape index (κ3) is 10.4. The minimum atomic E-state index is -1.57. The number of aliphatic hydroxyl groups is 4. The first-order valence-corrected chi connectivity index (χ1v) is 14.5. The Balaban J connectivity index is 1.89. The molecule has 1 saturated heterocycles. The normalized spacial score (nSPS) is 24.2. The number of thioether (sulfide) groups is 1. The third-order valence-electron chi connectivity index (χ3n) is 6.32. The van der Waals surface area contributed by atoms with Crippen molar-refractivity contribution in [3.63, 3.8) is 0 Å². The molecule has 216 valence electrons. The maximum Gasteiger partial charge on any atom is 0.249 e. The number of carbonyl (C=O) groups is 2. The summed E-state index contributed by atoms with van der Waals surface area (Å²) in [7, 11) is 0. The number of hydrogen-bond donors (Lipinski definition) is 6. The topological polar surface area (TPSA) is 179 Å². The molecule has 0 aromatic carbocycles. The summed E-state index contributed by atoms with van der Waals surface area (Å²) >= 11 is 1.45. The van der Waals surface area contributed by atoms with E-state index in [0.29, 0.717) is 17.9 Å². The van der Waals surface area contributed by atoms with Crippen molar-refractivity contribution in [1.82, 2.24) is 20.3 Å². The zero-order chi connectivity index (χ0) is 27.9. The molecule has 6 N–H and O–H groups in total. The van der Waals surface area contributed by atoms with Crippen LogP contribution in [0.3, 0.4) is 0 Å². The molecule has 1 fully saturated rings. The lowest BCUT2D eigenvalue weighted by Crippen LogP contribution is -2.56. The van der Waals surface area contributed by atoms with E-state index in [0.717, 1.165) is 23.9 Å². The quantitative estimate of drug-likeness (QED) is 0.142. The summed E-state index contributed by atoms with van der Waals surface area (Å²) < 4.78 is 6.53. The van der Waals surface area contributed by atoms with Crippen LogP contribution in [0.5, 0.6) is 0 Å². The molecule has 1 aliphatic rings. The van der Waals surface area contributed by atoms with Gasteiger partial charge < -0.3 is 35.8 Å². The van der Waals surface area contributed by atoms with Crippen molar-refractivity contribution in [2.75, 3.05) is 23.4 Å². The van der Waals surface area contributed by atoms with Gasteiger partial charge in [-0.25, -0.2) is 4.68 Å². The highest BCUT2D eigenvalue weighted by molar-refractivity contribution is 7.99. The standard InChI is InChI=1S/C25H43N5O7S/c1-3-5-6-7-8-9-10-11-12-20(32)26-17(16-38-13-4-2)24(36)27-19-14-30(29-28-19)25-23(35)22(34)21(33)18(15-31)37-25/h4,14,17-18,21-23,25,31,33-35H,2-3,5-13,15-16H2,1H3,(H,26,32)(H,27,36)/t17-,18?,21?,22?,23?,25?/m1/s1. The van der Waals surface area contributed by atoms with Crippen molar-refractivity contribution in [2.24, 2.45) is 0 Å². The van der Waals surface area contributed by atoms with Crippen molar-refractivity contribution in [3.05, 3.63) is 19.5 Å². The van der Waals surface area contributed by atoms with Crippen LogP contribution in [0.1, 0.15) is 70.9 Å². The molecule has 2 radical (unpaired) electrons. The number of aliphatic hydroxyl groups excluding tert-OH is 4. The molecule has 38 heavy (non-hydrogen) atoms. The molecule has 6 atom stereocenters. The summed E-state index contributed by atoms with van der Waals surface area (Å²) in [4.78, 5) is 25.5. The van der Waals surface area contributed by atoms with Crippen LogP contribution in [0.2, 0.25) is 0 Å². The van der Waals surface area contributed by atoms with Crippen molar-refractivity contribution in [3.8, 4) is 0 Å². The van der Waals surface area contributed by atoms with E-state index < -0.39 is 49.2 Å². The van der Waals surface area contributed by atoms with Gasteiger partial charge in [0.2, 0.25) is 11.8 Å². The van der Waals surface area contributed by atoms with Crippen LogP contribution < -0.4 is 10.6 Å². The number of unbranched alkanes of at least 4 members (excludes halogenated alkanes) is 7. The number of anilines is 1. The van der Waals surface area contributed by atoms with Gasteiger partial charge in [0, 0.05) is 12.2 Å². The summed E-state index contributed by atoms with van der Waals surface area (Å²) in [6, 6.07) is -0.807. The Morgan fingerprint density at radius 1 is 1.13 bits per heavy atom. The lowest BCUT2D eigenvalue weighted by molar-refractivity contribution is -0.254. The first kappa shape index (κ1) is 32.4. The molecule has 1 aromatic rings. The van der Waals surface area contributed by atoms with Crippen LogP contribution in [0, 0.1) is 13.3 Å². The van der Waals surface area contributed by atoms with Gasteiger partial charge in [-0.3, -0.25) is 9.59 Å². The van der Waals surface area contributed by atoms with E-state index in [1.807, 2.05) is 0 Å². The van der Waals surface area contributed by atoms with Gasteiger partial charge in [-0.05, 0) is 25.5 Å². The Bertz CT molecular complexity index is 828. The zero-order valence-corrected chi connectivity index (χ0v) is 22.9. The van der Waals surface area contributed by atoms with Gasteiger partial charge >= 0.3 is 0 Å². The Morgan fingerprint density at radius 3 is 2.47 bits per heavy atom. The number of nitrogens with one attached hydrogen (secondary N) is 2. The second kappa shape index (κ2) is 17.7. The molecule has 1 aromatic heterocycles. The fourth-order valence-electron chi connectivity index (χ4n) is 4.11. The predicted octanol–water partition coefficient (Wildman–Crippen LogP) is 0.976. The van der Waals surface area contributed by atoms with Crippen LogP contribution >= 0.6 is 11.8 Å². The van der Waals surface area contributed by atoms with Crippen LogP contribution in [-0.2, 0) is 14.3 Å². The van der Waals surface area contributed by atoms with Crippen molar-refractivity contribution >= 4 is 29.4 Å². The number of aromatic nitrogens is 3. The SMILES string of the molecule is [CH2][CH]CSC[C@@H](NC(=O)CCCCCCCCCC)C(=O)Nc1cn(C2OC(CO)C(O)C(O)C2O)nn1. The van der Waals surface area contributed by atoms with Gasteiger partial charge in [0.25, 0.3) is 0 Å². The molecule has 1 aliphatic heterocycles. The molecule has 0 spiro atoms. The highest BCUT2D eigenvalue weighted by atomic mass is 32.2. The van der Waals surface area contributed by atoms with Crippen LogP contribution in [0.15, 0.2) is 6.20 Å². The van der Waals surface area contributed by atoms with E-state index in [9.17, 15) is 30.0 Å². The highest BCUT2D eigenvalue weighted by Crippen LogP contribution is 2.28. The molecule has 0 saturated carbocycles. The van der Waals surface area contributed by atoms with E-state index >= 15 is 0 Å². The average Bonchev–Trinajstić information content (AvgIpc) is 3.36. The van der Waals surface area contributed by atoms with Crippen molar-refractivity contribution in [2.45, 2.75) is 101 Å². The zero-order valence-electron chi connectivity index (χ0n) is 22.1. The minimum absolute atomic E-state index is 0.0444. The van der Waals surface area contributed by atoms with E-state index in [-0.39, 0.29) is 11.7 Å². The first-order chi connectivity index (χ1) is 18.3. The Hall–Kier alpha value is -1.77. The lowest BCUT2D eigenvalue weighted by atomic mass is 9.98. The number of nitrogens with zero attached hydrogens (tertiary/aromatic N) is 3. The van der Waals surface area contributed by atoms with E-state index in [1.54, 1.807) is 6.42 Å². The Labute approximate surface area is 228 Å². The Kier molecular flexibility index (Phi) is 15.2. The second-order valence-electron chi connectivity index (χ2n) is 9.46. The van der Waals surface area contributed by atoms with Crippen LogP contribution in [0.25, 0.3) is 0 Å². The monoisotopic (exact) mass is 557 g/mol. The highest BCUT2D eigenvalue weighted by Gasteiger charge is 2.44. The van der Waals surface area contributed by atoms with Crippen molar-refractivity contribution < 1.29 is 34.8 Å². The molecular weight excluding hydrogens is 514 g/mol. The number of amides is 2. The van der Waals surface area contributed by atoms with E-state index in [1.165, 1.54) is 50.1 Å². The fraction of sp³-hybridized carbons (Fsp3) is 0.760. The van der Waals surface area contributed by atoms with Gasteiger partial charge in [0.05, 0.1) is 12.8 Å². The number of ether oxygens (including phenoxy) is 1. The van der Waals surface area contributed by atoms with E-state index in [2.05, 4.69) is 34.8 Å². The maximum absolute atomic E-state index is 13.0. The van der Waals surface area contributed by atoms with Gasteiger partial charge in [0.15, 0.2) is 12.0 Å². The summed E-state index contributed by atoms with van der Waals surface area (Å²) in [6.45, 7) is 5.29. The van der Waals surface area contributed by atoms with Gasteiger partial charge in [-0.15, -0.1) is 5.10 Å². The third-order valence-corrected chi connectivity index (χ3v) is 7.36. The predicted molar refractivity (Wildman–Crippen MR) is 144 cm³/mol. The molecule has 2 amide bonds. The number of carbonyl (C=O) groups excluding carboxylic acids is 2. The van der Waals surface area contributed by atoms with Gasteiger partial charge in [-0.2, -0.15) is 11.8 Å². The molecule has 0 bridgehead atoms. The number of rotatable bonds is 18. The average molecular weight is 558 g/mol. The molecular formula is C25H43N5O7S. The van der Waals surface area contributed by atoms with Gasteiger partial charge in [-0.1, -0.05) is 57.1 Å². The molecule has 2 rings (SSSR count).